The molecule has 0 heterocycles. The van der Waals surface area contributed by atoms with Gasteiger partial charge in [-0.3, -0.25) is 0 Å². The Balaban J connectivity index is 2.20. The third-order valence-corrected chi connectivity index (χ3v) is 5.55. The molecule has 98 valence electrons. The SMILES string of the molecule is COC1=CC=CC2C(C)CC(CS(C)(C)C)C12. The number of fused-ring (bicyclic) bond motifs is 1. The Morgan fingerprint density at radius 3 is 2.65 bits per heavy atom. The minimum absolute atomic E-state index is 0.420. The maximum atomic E-state index is 5.62. The Kier molecular flexibility index (Phi) is 3.63. The van der Waals surface area contributed by atoms with E-state index < -0.39 is 10.0 Å². The predicted octanol–water partition coefficient (Wildman–Crippen LogP) is 3.67. The number of hydrogen-bond acceptors (Lipinski definition) is 1. The zero-order valence-electron chi connectivity index (χ0n) is 11.8. The lowest BCUT2D eigenvalue weighted by Gasteiger charge is -2.34. The maximum absolute atomic E-state index is 5.62. The van der Waals surface area contributed by atoms with Crippen LogP contribution in [0.1, 0.15) is 13.3 Å². The molecule has 2 heteroatoms. The third kappa shape index (κ3) is 2.73. The first kappa shape index (κ1) is 13.1. The Labute approximate surface area is 108 Å². The van der Waals surface area contributed by atoms with Gasteiger partial charge in [0.25, 0.3) is 0 Å². The summed E-state index contributed by atoms with van der Waals surface area (Å²) in [6.07, 6.45) is 15.4. The van der Waals surface area contributed by atoms with Crippen molar-refractivity contribution in [2.45, 2.75) is 13.3 Å². The molecule has 4 atom stereocenters. The zero-order chi connectivity index (χ0) is 12.6. The number of rotatable bonds is 3. The normalized spacial score (nSPS) is 37.6. The summed E-state index contributed by atoms with van der Waals surface area (Å²) in [5, 5.41) is 0. The van der Waals surface area contributed by atoms with Gasteiger partial charge in [-0.25, -0.2) is 10.0 Å². The summed E-state index contributed by atoms with van der Waals surface area (Å²) in [5.74, 6) is 5.58. The average molecular weight is 254 g/mol. The molecule has 0 radical (unpaired) electrons. The van der Waals surface area contributed by atoms with Crippen molar-refractivity contribution in [3.05, 3.63) is 24.0 Å². The fraction of sp³-hybridized carbons (Fsp3) is 0.733. The second-order valence-electron chi connectivity index (χ2n) is 6.49. The van der Waals surface area contributed by atoms with Crippen LogP contribution in [0, 0.1) is 23.7 Å². The molecule has 1 fully saturated rings. The molecule has 2 aliphatic rings. The van der Waals surface area contributed by atoms with E-state index in [0.717, 1.165) is 11.8 Å². The standard InChI is InChI=1S/C15H26OS/c1-11-9-12(10-17(3,4)5)15-13(11)7-6-8-14(15)16-2/h6-8,11-13,15H,9-10H2,1-5H3. The first-order chi connectivity index (χ1) is 7.92. The molecule has 1 nitrogen and oxygen atoms in total. The van der Waals surface area contributed by atoms with Gasteiger partial charge in [0.1, 0.15) is 0 Å². The quantitative estimate of drug-likeness (QED) is 0.746. The van der Waals surface area contributed by atoms with E-state index in [4.69, 9.17) is 4.74 Å². The van der Waals surface area contributed by atoms with E-state index >= 15 is 0 Å². The monoisotopic (exact) mass is 254 g/mol. The number of ether oxygens (including phenoxy) is 1. The van der Waals surface area contributed by atoms with Crippen LogP contribution in [-0.2, 0) is 4.74 Å². The van der Waals surface area contributed by atoms with Crippen molar-refractivity contribution >= 4 is 10.0 Å². The smallest absolute Gasteiger partial charge is 0.0995 e. The first-order valence-electron chi connectivity index (χ1n) is 6.51. The van der Waals surface area contributed by atoms with Crippen molar-refractivity contribution in [1.29, 1.82) is 0 Å². The molecule has 0 aromatic rings. The van der Waals surface area contributed by atoms with Gasteiger partial charge >= 0.3 is 0 Å². The van der Waals surface area contributed by atoms with Gasteiger partial charge in [-0.05, 0) is 54.8 Å². The summed E-state index contributed by atoms with van der Waals surface area (Å²) in [6, 6.07) is 0. The lowest BCUT2D eigenvalue weighted by molar-refractivity contribution is 0.203. The van der Waals surface area contributed by atoms with E-state index in [1.807, 2.05) is 7.11 Å². The molecular weight excluding hydrogens is 228 g/mol. The summed E-state index contributed by atoms with van der Waals surface area (Å²) in [5.41, 5.74) is 0. The van der Waals surface area contributed by atoms with Crippen molar-refractivity contribution in [3.8, 4) is 0 Å². The lowest BCUT2D eigenvalue weighted by atomic mass is 9.83. The number of hydrogen-bond donors (Lipinski definition) is 0. The van der Waals surface area contributed by atoms with Crippen LogP contribution in [0.2, 0.25) is 0 Å². The van der Waals surface area contributed by atoms with Crippen molar-refractivity contribution in [2.75, 3.05) is 31.6 Å². The topological polar surface area (TPSA) is 9.23 Å². The second kappa shape index (κ2) is 4.72. The Bertz CT molecular complexity index is 337. The van der Waals surface area contributed by atoms with Crippen molar-refractivity contribution < 1.29 is 4.74 Å². The van der Waals surface area contributed by atoms with Crippen molar-refractivity contribution in [1.82, 2.24) is 0 Å². The van der Waals surface area contributed by atoms with Crippen LogP contribution in [-0.4, -0.2) is 31.6 Å². The van der Waals surface area contributed by atoms with Crippen molar-refractivity contribution in [3.63, 3.8) is 0 Å². The summed E-state index contributed by atoms with van der Waals surface area (Å²) in [7, 11) is 1.41. The van der Waals surface area contributed by atoms with Crippen LogP contribution in [0.4, 0.5) is 0 Å². The van der Waals surface area contributed by atoms with Gasteiger partial charge in [-0.1, -0.05) is 19.1 Å². The van der Waals surface area contributed by atoms with Gasteiger partial charge in [-0.2, -0.15) is 0 Å². The highest BCUT2D eigenvalue weighted by Gasteiger charge is 2.43. The average Bonchev–Trinajstić information content (AvgIpc) is 2.53. The van der Waals surface area contributed by atoms with Gasteiger partial charge in [0.2, 0.25) is 0 Å². The Morgan fingerprint density at radius 1 is 1.35 bits per heavy atom. The van der Waals surface area contributed by atoms with Gasteiger partial charge in [-0.15, -0.1) is 0 Å². The predicted molar refractivity (Wildman–Crippen MR) is 78.7 cm³/mol. The summed E-state index contributed by atoms with van der Waals surface area (Å²) >= 11 is 0. The molecular formula is C15H26OS. The Morgan fingerprint density at radius 2 is 2.06 bits per heavy atom. The first-order valence-corrected chi connectivity index (χ1v) is 9.53. The molecule has 17 heavy (non-hydrogen) atoms. The van der Waals surface area contributed by atoms with Gasteiger partial charge in [0.05, 0.1) is 12.9 Å². The highest BCUT2D eigenvalue weighted by atomic mass is 32.3. The molecule has 1 saturated carbocycles. The van der Waals surface area contributed by atoms with Crippen LogP contribution < -0.4 is 0 Å². The second-order valence-corrected chi connectivity index (χ2v) is 11.0. The summed E-state index contributed by atoms with van der Waals surface area (Å²) in [6.45, 7) is 2.40. The number of methoxy groups -OCH3 is 1. The van der Waals surface area contributed by atoms with Crippen LogP contribution in [0.5, 0.6) is 0 Å². The molecule has 4 unspecified atom stereocenters. The molecule has 0 saturated heterocycles. The molecule has 0 N–H and O–H groups in total. The van der Waals surface area contributed by atoms with Crippen LogP contribution in [0.3, 0.4) is 0 Å². The van der Waals surface area contributed by atoms with Gasteiger partial charge in [0.15, 0.2) is 0 Å². The zero-order valence-corrected chi connectivity index (χ0v) is 12.6. The lowest BCUT2D eigenvalue weighted by Crippen LogP contribution is -2.24. The summed E-state index contributed by atoms with van der Waals surface area (Å²) < 4.78 is 5.62. The van der Waals surface area contributed by atoms with Gasteiger partial charge < -0.3 is 4.74 Å². The molecule has 0 aliphatic heterocycles. The molecule has 2 aliphatic carbocycles. The minimum atomic E-state index is -0.420. The highest BCUT2D eigenvalue weighted by Crippen LogP contribution is 2.52. The fourth-order valence-corrected chi connectivity index (χ4v) is 5.22. The van der Waals surface area contributed by atoms with E-state index in [-0.39, 0.29) is 0 Å². The van der Waals surface area contributed by atoms with E-state index in [1.54, 1.807) is 0 Å². The summed E-state index contributed by atoms with van der Waals surface area (Å²) in [4.78, 5) is 0. The molecule has 2 rings (SSSR count). The molecule has 0 spiro atoms. The highest BCUT2D eigenvalue weighted by molar-refractivity contribution is 8.32. The van der Waals surface area contributed by atoms with Crippen LogP contribution >= 0.6 is 10.0 Å². The van der Waals surface area contributed by atoms with Crippen molar-refractivity contribution in [2.24, 2.45) is 23.7 Å². The maximum Gasteiger partial charge on any atom is 0.0995 e. The van der Waals surface area contributed by atoms with E-state index in [2.05, 4.69) is 43.9 Å². The van der Waals surface area contributed by atoms with E-state index in [0.29, 0.717) is 11.8 Å². The Hall–Kier alpha value is -0.370. The van der Waals surface area contributed by atoms with E-state index in [1.165, 1.54) is 17.9 Å². The minimum Gasteiger partial charge on any atom is -0.501 e. The third-order valence-electron chi connectivity index (χ3n) is 4.13. The largest absolute Gasteiger partial charge is 0.501 e. The van der Waals surface area contributed by atoms with Gasteiger partial charge in [0, 0.05) is 5.92 Å². The van der Waals surface area contributed by atoms with E-state index in [9.17, 15) is 0 Å². The van der Waals surface area contributed by atoms with Crippen LogP contribution in [0.15, 0.2) is 24.0 Å². The molecule has 0 amide bonds. The van der Waals surface area contributed by atoms with Crippen LogP contribution in [0.25, 0.3) is 0 Å². The number of allylic oxidation sites excluding steroid dienone is 4. The fourth-order valence-electron chi connectivity index (χ4n) is 3.59. The molecule has 0 bridgehead atoms. The molecule has 0 aromatic carbocycles. The molecule has 0 aromatic heterocycles.